The van der Waals surface area contributed by atoms with Crippen molar-refractivity contribution in [2.75, 3.05) is 32.7 Å². The van der Waals surface area contributed by atoms with Gasteiger partial charge in [0.1, 0.15) is 16.6 Å². The fraction of sp³-hybridized carbons (Fsp3) is 0.182. The molecule has 2 aromatic rings. The van der Waals surface area contributed by atoms with E-state index in [9.17, 15) is 14.4 Å². The predicted molar refractivity (Wildman–Crippen MR) is 128 cm³/mol. The summed E-state index contributed by atoms with van der Waals surface area (Å²) in [5.74, 6) is -0.780. The maximum absolute atomic E-state index is 12.4. The molecule has 9 nitrogen and oxygen atoms in total. The van der Waals surface area contributed by atoms with Gasteiger partial charge in [-0.05, 0) is 35.9 Å². The zero-order valence-electron chi connectivity index (χ0n) is 17.7. The molecule has 0 saturated carbocycles. The van der Waals surface area contributed by atoms with Crippen LogP contribution in [0.1, 0.15) is 5.56 Å². The maximum atomic E-state index is 12.4. The Hall–Kier alpha value is -3.57. The monoisotopic (exact) mass is 488 g/mol. The number of carboxylic acids is 1. The van der Waals surface area contributed by atoms with Gasteiger partial charge in [-0.15, -0.1) is 0 Å². The van der Waals surface area contributed by atoms with Gasteiger partial charge >= 0.3 is 5.97 Å². The second-order valence-electron chi connectivity index (χ2n) is 6.61. The third-order valence-electron chi connectivity index (χ3n) is 4.39. The van der Waals surface area contributed by atoms with Crippen LogP contribution >= 0.6 is 24.0 Å². The minimum Gasteiger partial charge on any atom is -0.495 e. The van der Waals surface area contributed by atoms with Gasteiger partial charge in [0.15, 0.2) is 18.1 Å². The lowest BCUT2D eigenvalue weighted by molar-refractivity contribution is -0.140. The normalized spacial score (nSPS) is 14.4. The molecule has 1 fully saturated rings. The zero-order valence-corrected chi connectivity index (χ0v) is 19.3. The fourth-order valence-corrected chi connectivity index (χ4v) is 4.15. The molecule has 2 aromatic carbocycles. The van der Waals surface area contributed by atoms with Gasteiger partial charge in [0.2, 0.25) is 0 Å². The van der Waals surface area contributed by atoms with Gasteiger partial charge in [-0.1, -0.05) is 42.2 Å². The molecule has 0 atom stereocenters. The Bertz CT molecular complexity index is 1130. The second kappa shape index (κ2) is 10.8. The number of para-hydroxylation sites is 2. The van der Waals surface area contributed by atoms with Gasteiger partial charge in [-0.3, -0.25) is 19.3 Å². The lowest BCUT2D eigenvalue weighted by atomic mass is 10.2. The van der Waals surface area contributed by atoms with E-state index in [-0.39, 0.29) is 16.8 Å². The maximum Gasteiger partial charge on any atom is 0.323 e. The minimum absolute atomic E-state index is 0.182. The number of nitrogens with one attached hydrogen (secondary N) is 1. The van der Waals surface area contributed by atoms with Gasteiger partial charge in [-0.25, -0.2) is 0 Å². The van der Waals surface area contributed by atoms with Gasteiger partial charge < -0.3 is 24.6 Å². The highest BCUT2D eigenvalue weighted by Gasteiger charge is 2.33. The summed E-state index contributed by atoms with van der Waals surface area (Å²) in [5.41, 5.74) is 1.14. The highest BCUT2D eigenvalue weighted by Crippen LogP contribution is 2.34. The Balaban J connectivity index is 1.68. The van der Waals surface area contributed by atoms with Crippen LogP contribution in [0.2, 0.25) is 0 Å². The van der Waals surface area contributed by atoms with E-state index in [1.807, 2.05) is 0 Å². The molecule has 0 spiro atoms. The van der Waals surface area contributed by atoms with Crippen LogP contribution in [-0.2, 0) is 14.4 Å². The first-order valence-electron chi connectivity index (χ1n) is 9.53. The van der Waals surface area contributed by atoms with Crippen molar-refractivity contribution >= 4 is 57.8 Å². The summed E-state index contributed by atoms with van der Waals surface area (Å²) in [4.78, 5) is 37.0. The second-order valence-corrected chi connectivity index (χ2v) is 8.28. The zero-order chi connectivity index (χ0) is 24.0. The van der Waals surface area contributed by atoms with Gasteiger partial charge in [-0.2, -0.15) is 0 Å². The predicted octanol–water partition coefficient (Wildman–Crippen LogP) is 3.01. The molecule has 0 bridgehead atoms. The van der Waals surface area contributed by atoms with E-state index >= 15 is 0 Å². The summed E-state index contributed by atoms with van der Waals surface area (Å²) in [6.45, 7) is -0.753. The SMILES string of the molecule is COc1ccccc1NC(=O)COc1ccc(/C=C2/SC(=S)N(CC(=O)O)C2=O)cc1OC. The Kier molecular flexibility index (Phi) is 7.91. The molecular formula is C22H20N2O7S2. The van der Waals surface area contributed by atoms with Crippen LogP contribution in [0.3, 0.4) is 0 Å². The summed E-state index contributed by atoms with van der Waals surface area (Å²) in [5, 5.41) is 11.7. The molecule has 11 heteroatoms. The average Bonchev–Trinajstić information content (AvgIpc) is 3.05. The molecule has 172 valence electrons. The number of hydrogen-bond acceptors (Lipinski definition) is 8. The average molecular weight is 489 g/mol. The number of amides is 2. The highest BCUT2D eigenvalue weighted by atomic mass is 32.2. The van der Waals surface area contributed by atoms with Crippen LogP contribution in [0.25, 0.3) is 6.08 Å². The summed E-state index contributed by atoms with van der Waals surface area (Å²) in [6, 6.07) is 11.9. The third-order valence-corrected chi connectivity index (χ3v) is 5.77. The molecule has 0 radical (unpaired) electrons. The number of carbonyl (C=O) groups excluding carboxylic acids is 2. The molecule has 1 aliphatic rings. The molecule has 0 aromatic heterocycles. The lowest BCUT2D eigenvalue weighted by Crippen LogP contribution is -2.33. The standard InChI is InChI=1S/C22H20N2O7S2/c1-29-15-6-4-3-5-14(15)23-19(25)12-31-16-8-7-13(9-17(16)30-2)10-18-21(28)24(11-20(26)27)22(32)33-18/h3-10H,11-12H2,1-2H3,(H,23,25)(H,26,27)/b18-10+. The Morgan fingerprint density at radius 1 is 1.12 bits per heavy atom. The summed E-state index contributed by atoms with van der Waals surface area (Å²) < 4.78 is 16.3. The summed E-state index contributed by atoms with van der Waals surface area (Å²) in [7, 11) is 2.96. The number of carbonyl (C=O) groups is 3. The van der Waals surface area contributed by atoms with Crippen LogP contribution in [0.15, 0.2) is 47.4 Å². The lowest BCUT2D eigenvalue weighted by Gasteiger charge is -2.13. The molecule has 1 aliphatic heterocycles. The number of ether oxygens (including phenoxy) is 3. The molecule has 33 heavy (non-hydrogen) atoms. The summed E-state index contributed by atoms with van der Waals surface area (Å²) >= 11 is 6.12. The molecule has 0 aliphatic carbocycles. The molecule has 2 N–H and O–H groups in total. The van der Waals surface area contributed by atoms with Crippen molar-refractivity contribution in [1.29, 1.82) is 0 Å². The number of rotatable bonds is 9. The van der Waals surface area contributed by atoms with E-state index in [0.717, 1.165) is 16.7 Å². The first kappa shape index (κ1) is 24.1. The van der Waals surface area contributed by atoms with Crippen molar-refractivity contribution in [3.8, 4) is 17.2 Å². The number of hydrogen-bond donors (Lipinski definition) is 2. The minimum atomic E-state index is -1.15. The topological polar surface area (TPSA) is 114 Å². The first-order valence-corrected chi connectivity index (χ1v) is 10.8. The number of nitrogens with zero attached hydrogens (tertiary/aromatic N) is 1. The van der Waals surface area contributed by atoms with Crippen LogP contribution in [-0.4, -0.2) is 59.5 Å². The fourth-order valence-electron chi connectivity index (χ4n) is 2.89. The Labute approximate surface area is 199 Å². The van der Waals surface area contributed by atoms with Crippen molar-refractivity contribution < 1.29 is 33.7 Å². The van der Waals surface area contributed by atoms with Crippen molar-refractivity contribution in [3.63, 3.8) is 0 Å². The molecule has 0 unspecified atom stereocenters. The van der Waals surface area contributed by atoms with Gasteiger partial charge in [0, 0.05) is 0 Å². The number of thiocarbonyl (C=S) groups is 1. The van der Waals surface area contributed by atoms with Crippen molar-refractivity contribution in [1.82, 2.24) is 4.90 Å². The number of aliphatic carboxylic acids is 1. The van der Waals surface area contributed by atoms with E-state index < -0.39 is 18.4 Å². The number of benzene rings is 2. The van der Waals surface area contributed by atoms with Crippen LogP contribution in [0.4, 0.5) is 5.69 Å². The molecule has 2 amide bonds. The van der Waals surface area contributed by atoms with Crippen LogP contribution < -0.4 is 19.5 Å². The van der Waals surface area contributed by atoms with Crippen LogP contribution in [0.5, 0.6) is 17.2 Å². The van der Waals surface area contributed by atoms with E-state index in [2.05, 4.69) is 5.32 Å². The molecular weight excluding hydrogens is 468 g/mol. The number of thioether (sulfide) groups is 1. The molecule has 3 rings (SSSR count). The summed E-state index contributed by atoms with van der Waals surface area (Å²) in [6.07, 6.45) is 1.59. The molecule has 1 saturated heterocycles. The Morgan fingerprint density at radius 3 is 2.55 bits per heavy atom. The van der Waals surface area contributed by atoms with Crippen LogP contribution in [0, 0.1) is 0 Å². The van der Waals surface area contributed by atoms with Crippen molar-refractivity contribution in [3.05, 3.63) is 52.9 Å². The van der Waals surface area contributed by atoms with E-state index in [1.165, 1.54) is 14.2 Å². The van der Waals surface area contributed by atoms with Crippen molar-refractivity contribution in [2.45, 2.75) is 0 Å². The third kappa shape index (κ3) is 6.02. The number of methoxy groups -OCH3 is 2. The molecule has 1 heterocycles. The van der Waals surface area contributed by atoms with Gasteiger partial charge in [0.05, 0.1) is 24.8 Å². The van der Waals surface area contributed by atoms with E-state index in [4.69, 9.17) is 31.5 Å². The number of anilines is 1. The number of carboxylic acid groups (broad SMARTS) is 1. The van der Waals surface area contributed by atoms with Crippen molar-refractivity contribution in [2.24, 2.45) is 0 Å². The first-order chi connectivity index (χ1) is 15.8. The quantitative estimate of drug-likeness (QED) is 0.406. The largest absolute Gasteiger partial charge is 0.495 e. The van der Waals surface area contributed by atoms with Gasteiger partial charge in [0.25, 0.3) is 11.8 Å². The van der Waals surface area contributed by atoms with E-state index in [0.29, 0.717) is 33.4 Å². The highest BCUT2D eigenvalue weighted by molar-refractivity contribution is 8.26. The van der Waals surface area contributed by atoms with E-state index in [1.54, 1.807) is 48.5 Å². The Morgan fingerprint density at radius 2 is 1.85 bits per heavy atom. The smallest absolute Gasteiger partial charge is 0.323 e.